The maximum Gasteiger partial charge on any atom is 0.223 e. The molecule has 6 aromatic rings. The third-order valence-electron chi connectivity index (χ3n) is 5.64. The first kappa shape index (κ1) is 21.7. The average molecular weight is 487 g/mol. The van der Waals surface area contributed by atoms with Gasteiger partial charge in [0, 0.05) is 18.0 Å². The van der Waals surface area contributed by atoms with Crippen LogP contribution >= 0.6 is 0 Å². The second-order valence-electron chi connectivity index (χ2n) is 7.96. The normalized spacial score (nSPS) is 11.0. The van der Waals surface area contributed by atoms with Crippen molar-refractivity contribution in [3.8, 4) is 40.0 Å². The minimum absolute atomic E-state index is 0.101. The van der Waals surface area contributed by atoms with Crippen LogP contribution in [0.15, 0.2) is 67.0 Å². The van der Waals surface area contributed by atoms with E-state index in [9.17, 15) is 5.26 Å². The van der Waals surface area contributed by atoms with Gasteiger partial charge < -0.3 is 11.5 Å². The Morgan fingerprint density at radius 3 is 2.62 bits per heavy atom. The first-order valence-corrected chi connectivity index (χ1v) is 11.1. The molecule has 13 heteroatoms. The standard InChI is InChI=1S/C24H17N13/c25-12-15-5-1-2-6-16(15)21-20(14-8-10-29-18(26)11-14)23-30-19(33-37(23)24(27)31-21)13-36-22(32-34-35-36)17-7-3-4-9-28-17/h1-11H,13H2,(H2,26,29)(H2,27,31). The number of nitrogens with two attached hydrogens (primary N) is 2. The van der Waals surface area contributed by atoms with Crippen LogP contribution in [0.25, 0.3) is 39.5 Å². The smallest absolute Gasteiger partial charge is 0.223 e. The minimum atomic E-state index is 0.101. The van der Waals surface area contributed by atoms with Crippen molar-refractivity contribution in [1.82, 2.24) is 49.8 Å². The number of rotatable bonds is 5. The zero-order valence-corrected chi connectivity index (χ0v) is 19.1. The van der Waals surface area contributed by atoms with E-state index in [1.807, 2.05) is 30.3 Å². The predicted molar refractivity (Wildman–Crippen MR) is 133 cm³/mol. The molecule has 0 radical (unpaired) electrons. The van der Waals surface area contributed by atoms with Gasteiger partial charge in [-0.2, -0.15) is 9.78 Å². The number of tetrazole rings is 1. The summed E-state index contributed by atoms with van der Waals surface area (Å²) in [5.41, 5.74) is 16.2. The average Bonchev–Trinajstić information content (AvgIpc) is 3.57. The highest BCUT2D eigenvalue weighted by molar-refractivity contribution is 5.92. The molecule has 0 spiro atoms. The van der Waals surface area contributed by atoms with Crippen molar-refractivity contribution >= 4 is 17.4 Å². The molecule has 37 heavy (non-hydrogen) atoms. The molecular formula is C24H17N13. The number of hydrogen-bond donors (Lipinski definition) is 2. The van der Waals surface area contributed by atoms with E-state index in [2.05, 4.69) is 41.6 Å². The van der Waals surface area contributed by atoms with Gasteiger partial charge in [-0.15, -0.1) is 10.2 Å². The fourth-order valence-electron chi connectivity index (χ4n) is 4.04. The summed E-state index contributed by atoms with van der Waals surface area (Å²) in [4.78, 5) is 17.8. The van der Waals surface area contributed by atoms with Crippen LogP contribution < -0.4 is 11.5 Å². The third kappa shape index (κ3) is 3.84. The van der Waals surface area contributed by atoms with E-state index in [0.29, 0.717) is 56.8 Å². The minimum Gasteiger partial charge on any atom is -0.384 e. The van der Waals surface area contributed by atoms with Crippen LogP contribution in [-0.2, 0) is 6.54 Å². The Bertz CT molecular complexity index is 1800. The van der Waals surface area contributed by atoms with Gasteiger partial charge in [0.15, 0.2) is 11.5 Å². The van der Waals surface area contributed by atoms with Gasteiger partial charge in [0.2, 0.25) is 11.8 Å². The highest BCUT2D eigenvalue weighted by Gasteiger charge is 2.22. The first-order valence-electron chi connectivity index (χ1n) is 11.1. The van der Waals surface area contributed by atoms with Gasteiger partial charge in [0.1, 0.15) is 18.1 Å². The molecular weight excluding hydrogens is 470 g/mol. The van der Waals surface area contributed by atoms with E-state index < -0.39 is 0 Å². The Balaban J connectivity index is 1.55. The summed E-state index contributed by atoms with van der Waals surface area (Å²) < 4.78 is 3.00. The molecule has 0 saturated carbocycles. The van der Waals surface area contributed by atoms with Gasteiger partial charge in [-0.1, -0.05) is 24.3 Å². The summed E-state index contributed by atoms with van der Waals surface area (Å²) in [6.07, 6.45) is 3.26. The molecule has 0 aliphatic heterocycles. The van der Waals surface area contributed by atoms with E-state index >= 15 is 0 Å². The van der Waals surface area contributed by atoms with Crippen molar-refractivity contribution in [2.75, 3.05) is 11.5 Å². The molecule has 6 rings (SSSR count). The van der Waals surface area contributed by atoms with Crippen molar-refractivity contribution in [1.29, 1.82) is 5.26 Å². The van der Waals surface area contributed by atoms with E-state index in [4.69, 9.17) is 16.5 Å². The van der Waals surface area contributed by atoms with Gasteiger partial charge >= 0.3 is 0 Å². The van der Waals surface area contributed by atoms with Crippen molar-refractivity contribution in [2.24, 2.45) is 0 Å². The van der Waals surface area contributed by atoms with Crippen molar-refractivity contribution in [3.63, 3.8) is 0 Å². The zero-order chi connectivity index (χ0) is 25.4. The molecule has 0 unspecified atom stereocenters. The molecule has 0 saturated heterocycles. The van der Waals surface area contributed by atoms with Crippen LogP contribution in [0.3, 0.4) is 0 Å². The van der Waals surface area contributed by atoms with Crippen LogP contribution in [0.5, 0.6) is 0 Å². The molecule has 0 atom stereocenters. The summed E-state index contributed by atoms with van der Waals surface area (Å²) in [7, 11) is 0. The lowest BCUT2D eigenvalue weighted by Gasteiger charge is -2.13. The highest BCUT2D eigenvalue weighted by atomic mass is 15.5. The van der Waals surface area contributed by atoms with Gasteiger partial charge in [-0.05, 0) is 46.3 Å². The quantitative estimate of drug-likeness (QED) is 0.362. The summed E-state index contributed by atoms with van der Waals surface area (Å²) in [6, 6.07) is 18.3. The van der Waals surface area contributed by atoms with Crippen LogP contribution in [0, 0.1) is 11.3 Å². The Morgan fingerprint density at radius 2 is 1.81 bits per heavy atom. The second kappa shape index (κ2) is 8.78. The molecule has 0 fully saturated rings. The number of benzene rings is 1. The molecule has 1 aromatic carbocycles. The van der Waals surface area contributed by atoms with Gasteiger partial charge in [0.05, 0.1) is 22.9 Å². The SMILES string of the molecule is N#Cc1ccccc1-c1nc(N)n2nc(Cn3nnnc3-c3ccccn3)nc2c1-c1ccnc(N)c1. The number of pyridine rings is 2. The topological polar surface area (TPSA) is 188 Å². The molecule has 5 heterocycles. The molecule has 5 aromatic heterocycles. The van der Waals surface area contributed by atoms with Crippen LogP contribution in [0.2, 0.25) is 0 Å². The lowest BCUT2D eigenvalue weighted by molar-refractivity contribution is 0.627. The number of aromatic nitrogens is 10. The van der Waals surface area contributed by atoms with Crippen LogP contribution in [0.4, 0.5) is 11.8 Å². The number of anilines is 2. The number of nitriles is 1. The highest BCUT2D eigenvalue weighted by Crippen LogP contribution is 2.36. The van der Waals surface area contributed by atoms with Gasteiger partial charge in [0.25, 0.3) is 0 Å². The maximum absolute atomic E-state index is 9.74. The predicted octanol–water partition coefficient (Wildman–Crippen LogP) is 1.99. The first-order chi connectivity index (χ1) is 18.1. The van der Waals surface area contributed by atoms with Gasteiger partial charge in [-0.3, -0.25) is 4.98 Å². The van der Waals surface area contributed by atoms with E-state index in [0.717, 1.165) is 0 Å². The summed E-state index contributed by atoms with van der Waals surface area (Å²) >= 11 is 0. The number of hydrogen-bond acceptors (Lipinski definition) is 11. The molecule has 0 aliphatic rings. The lowest BCUT2D eigenvalue weighted by Crippen LogP contribution is -2.08. The fourth-order valence-corrected chi connectivity index (χ4v) is 4.04. The third-order valence-corrected chi connectivity index (χ3v) is 5.64. The molecule has 0 bridgehead atoms. The Hall–Kier alpha value is -5.77. The monoisotopic (exact) mass is 487 g/mol. The van der Waals surface area contributed by atoms with Crippen LogP contribution in [-0.4, -0.2) is 49.8 Å². The second-order valence-corrected chi connectivity index (χ2v) is 7.96. The van der Waals surface area contributed by atoms with Crippen LogP contribution in [0.1, 0.15) is 11.4 Å². The summed E-state index contributed by atoms with van der Waals surface area (Å²) in [5.74, 6) is 1.28. The summed E-state index contributed by atoms with van der Waals surface area (Å²) in [5, 5.41) is 26.3. The van der Waals surface area contributed by atoms with Gasteiger partial charge in [-0.25, -0.2) is 19.6 Å². The summed E-state index contributed by atoms with van der Waals surface area (Å²) in [6.45, 7) is 0.155. The largest absolute Gasteiger partial charge is 0.384 e. The Kier molecular flexibility index (Phi) is 5.16. The van der Waals surface area contributed by atoms with Crippen molar-refractivity contribution in [3.05, 3.63) is 78.4 Å². The molecule has 0 aliphatic carbocycles. The molecule has 13 nitrogen and oxygen atoms in total. The molecule has 4 N–H and O–H groups in total. The van der Waals surface area contributed by atoms with E-state index in [-0.39, 0.29) is 12.5 Å². The van der Waals surface area contributed by atoms with E-state index in [1.54, 1.807) is 41.3 Å². The number of fused-ring (bicyclic) bond motifs is 1. The molecule has 0 amide bonds. The van der Waals surface area contributed by atoms with Crippen molar-refractivity contribution in [2.45, 2.75) is 6.54 Å². The fraction of sp³-hybridized carbons (Fsp3) is 0.0417. The Labute approximate surface area is 209 Å². The molecule has 178 valence electrons. The number of nitrogens with zero attached hydrogens (tertiary/aromatic N) is 11. The number of nitrogen functional groups attached to an aromatic ring is 2. The van der Waals surface area contributed by atoms with E-state index in [1.165, 1.54) is 4.52 Å². The Morgan fingerprint density at radius 1 is 0.946 bits per heavy atom. The maximum atomic E-state index is 9.74. The zero-order valence-electron chi connectivity index (χ0n) is 19.1. The van der Waals surface area contributed by atoms with Crippen molar-refractivity contribution < 1.29 is 0 Å². The lowest BCUT2D eigenvalue weighted by atomic mass is 9.97.